The molecule has 0 aromatic rings. The maximum Gasteiger partial charge on any atom is 0.348 e. The van der Waals surface area contributed by atoms with Gasteiger partial charge in [-0.1, -0.05) is 0 Å². The molecule has 0 radical (unpaired) electrons. The van der Waals surface area contributed by atoms with Crippen LogP contribution in [-0.4, -0.2) is 11.1 Å². The highest BCUT2D eigenvalue weighted by Crippen LogP contribution is 2.00. The third kappa shape index (κ3) is 1.82. The van der Waals surface area contributed by atoms with Gasteiger partial charge in [0.2, 0.25) is 0 Å². The van der Waals surface area contributed by atoms with Gasteiger partial charge >= 0.3 is 5.97 Å². The highest BCUT2D eigenvalue weighted by atomic mass is 16.4. The molecule has 11 heavy (non-hydrogen) atoms. The lowest BCUT2D eigenvalue weighted by Gasteiger charge is -1.85. The average Bonchev–Trinajstić information content (AvgIpc) is 1.99. The van der Waals surface area contributed by atoms with Crippen LogP contribution in [0.5, 0.6) is 0 Å². The summed E-state index contributed by atoms with van der Waals surface area (Å²) in [6.07, 6.45) is 0. The second-order valence-corrected chi connectivity index (χ2v) is 1.39. The zero-order chi connectivity index (χ0) is 8.85. The van der Waals surface area contributed by atoms with E-state index in [1.807, 2.05) is 0 Å². The lowest BCUT2D eigenvalue weighted by Crippen LogP contribution is -2.00. The molecule has 5 heteroatoms. The molecule has 0 saturated heterocycles. The molecule has 0 amide bonds. The van der Waals surface area contributed by atoms with Crippen molar-refractivity contribution in [3.8, 4) is 18.2 Å². The van der Waals surface area contributed by atoms with Crippen molar-refractivity contribution in [2.24, 2.45) is 0 Å². The van der Waals surface area contributed by atoms with Gasteiger partial charge in [0.1, 0.15) is 18.2 Å². The Morgan fingerprint density at radius 2 is 1.55 bits per heavy atom. The van der Waals surface area contributed by atoms with Crippen molar-refractivity contribution >= 4 is 5.97 Å². The van der Waals surface area contributed by atoms with Gasteiger partial charge < -0.3 is 5.11 Å². The van der Waals surface area contributed by atoms with E-state index in [9.17, 15) is 4.79 Å². The number of allylic oxidation sites excluding steroid dienone is 1. The van der Waals surface area contributed by atoms with E-state index in [2.05, 4.69) is 0 Å². The molecule has 5 nitrogen and oxygen atoms in total. The van der Waals surface area contributed by atoms with Gasteiger partial charge in [-0.05, 0) is 0 Å². The Balaban J connectivity index is 5.25. The molecule has 0 atom stereocenters. The number of carbonyl (C=O) groups is 1. The summed E-state index contributed by atoms with van der Waals surface area (Å²) in [5, 5.41) is 32.6. The zero-order valence-electron chi connectivity index (χ0n) is 5.20. The highest BCUT2D eigenvalue weighted by Gasteiger charge is 2.12. The number of rotatable bonds is 1. The Morgan fingerprint density at radius 3 is 1.64 bits per heavy atom. The molecular weight excluding hydrogens is 146 g/mol. The highest BCUT2D eigenvalue weighted by molar-refractivity contribution is 5.93. The predicted molar refractivity (Wildman–Crippen MR) is 31.5 cm³/mol. The van der Waals surface area contributed by atoms with E-state index in [4.69, 9.17) is 20.9 Å². The number of nitriles is 3. The van der Waals surface area contributed by atoms with E-state index in [1.165, 1.54) is 18.2 Å². The Bertz CT molecular complexity index is 318. The molecule has 1 N–H and O–H groups in total. The third-order valence-electron chi connectivity index (χ3n) is 0.799. The number of hydrogen-bond donors (Lipinski definition) is 1. The van der Waals surface area contributed by atoms with Crippen molar-refractivity contribution in [2.45, 2.75) is 0 Å². The second kappa shape index (κ2) is 3.66. The molecule has 0 aromatic heterocycles. The van der Waals surface area contributed by atoms with Crippen LogP contribution in [0.15, 0.2) is 11.1 Å². The lowest BCUT2D eigenvalue weighted by atomic mass is 10.1. The van der Waals surface area contributed by atoms with Gasteiger partial charge in [-0.15, -0.1) is 0 Å². The van der Waals surface area contributed by atoms with Gasteiger partial charge in [0.05, 0.1) is 0 Å². The fraction of sp³-hybridized carbons (Fsp3) is 0. The van der Waals surface area contributed by atoms with Gasteiger partial charge in [0, 0.05) is 0 Å². The van der Waals surface area contributed by atoms with Crippen LogP contribution in [0.4, 0.5) is 0 Å². The van der Waals surface area contributed by atoms with Crippen molar-refractivity contribution in [3.05, 3.63) is 11.1 Å². The van der Waals surface area contributed by atoms with Crippen LogP contribution < -0.4 is 0 Å². The fourth-order valence-electron chi connectivity index (χ4n) is 0.347. The number of carboxylic acids is 1. The molecule has 52 valence electrons. The molecule has 0 aromatic carbocycles. The summed E-state index contributed by atoms with van der Waals surface area (Å²) in [6.45, 7) is 0. The fourth-order valence-corrected chi connectivity index (χ4v) is 0.347. The maximum absolute atomic E-state index is 10.1. The quantitative estimate of drug-likeness (QED) is 0.412. The molecule has 0 unspecified atom stereocenters. The first-order valence-electron chi connectivity index (χ1n) is 2.35. The zero-order valence-corrected chi connectivity index (χ0v) is 5.20. The Morgan fingerprint density at radius 1 is 1.09 bits per heavy atom. The first-order valence-corrected chi connectivity index (χ1v) is 2.35. The number of aliphatic carboxylic acids is 1. The van der Waals surface area contributed by atoms with Crippen molar-refractivity contribution in [1.29, 1.82) is 15.8 Å². The van der Waals surface area contributed by atoms with Crippen LogP contribution in [0.2, 0.25) is 0 Å². The Labute approximate surface area is 62.0 Å². The number of hydrogen-bond acceptors (Lipinski definition) is 4. The normalized spacial score (nSPS) is 6.64. The summed E-state index contributed by atoms with van der Waals surface area (Å²) in [4.78, 5) is 10.1. The average molecular weight is 147 g/mol. The molecule has 0 aliphatic carbocycles. The smallest absolute Gasteiger partial charge is 0.348 e. The van der Waals surface area contributed by atoms with Crippen molar-refractivity contribution in [2.75, 3.05) is 0 Å². The summed E-state index contributed by atoms with van der Waals surface area (Å²) in [7, 11) is 0. The molecule has 0 fully saturated rings. The van der Waals surface area contributed by atoms with E-state index < -0.39 is 17.1 Å². The van der Waals surface area contributed by atoms with Crippen molar-refractivity contribution < 1.29 is 9.90 Å². The van der Waals surface area contributed by atoms with Gasteiger partial charge in [-0.3, -0.25) is 0 Å². The molecule has 0 aliphatic rings. The van der Waals surface area contributed by atoms with Gasteiger partial charge in [-0.25, -0.2) is 4.79 Å². The molecule has 0 heterocycles. The number of carboxylic acid groups (broad SMARTS) is 1. The van der Waals surface area contributed by atoms with E-state index in [-0.39, 0.29) is 0 Å². The van der Waals surface area contributed by atoms with Crippen LogP contribution in [-0.2, 0) is 4.79 Å². The summed E-state index contributed by atoms with van der Waals surface area (Å²) < 4.78 is 0. The standard InChI is InChI=1S/C6HN3O2/c7-1-4(2-8)5(3-9)6(10)11/h(H,10,11). The topological polar surface area (TPSA) is 109 Å². The van der Waals surface area contributed by atoms with Crippen LogP contribution in [0, 0.1) is 34.0 Å². The summed E-state index contributed by atoms with van der Waals surface area (Å²) in [5.41, 5.74) is -1.50. The van der Waals surface area contributed by atoms with Gasteiger partial charge in [0.15, 0.2) is 11.1 Å². The van der Waals surface area contributed by atoms with E-state index in [1.54, 1.807) is 0 Å². The molecule has 0 saturated carbocycles. The first kappa shape index (κ1) is 8.68. The summed E-state index contributed by atoms with van der Waals surface area (Å²) in [5.74, 6) is -1.56. The Kier molecular flexibility index (Phi) is 2.89. The molecular formula is C6HN3O2. The van der Waals surface area contributed by atoms with Gasteiger partial charge in [-0.2, -0.15) is 15.8 Å². The van der Waals surface area contributed by atoms with Gasteiger partial charge in [0.25, 0.3) is 0 Å². The minimum Gasteiger partial charge on any atom is -0.477 e. The van der Waals surface area contributed by atoms with E-state index >= 15 is 0 Å². The second-order valence-electron chi connectivity index (χ2n) is 1.39. The molecule has 0 aliphatic heterocycles. The summed E-state index contributed by atoms with van der Waals surface area (Å²) >= 11 is 0. The maximum atomic E-state index is 10.1. The minimum absolute atomic E-state index is 0.681. The number of nitrogens with zero attached hydrogens (tertiary/aromatic N) is 3. The molecule has 0 bridgehead atoms. The molecule has 0 spiro atoms. The predicted octanol–water partition coefficient (Wildman–Crippen LogP) is -0.0617. The Hall–Kier alpha value is -2.32. The summed E-state index contributed by atoms with van der Waals surface area (Å²) in [6, 6.07) is 3.84. The van der Waals surface area contributed by atoms with Crippen LogP contribution in [0.3, 0.4) is 0 Å². The van der Waals surface area contributed by atoms with Crippen LogP contribution in [0.1, 0.15) is 0 Å². The largest absolute Gasteiger partial charge is 0.477 e. The first-order chi connectivity index (χ1) is 5.17. The SMILES string of the molecule is N#CC(C#N)=C(C#N)C(=O)O. The van der Waals surface area contributed by atoms with Crippen LogP contribution in [0.25, 0.3) is 0 Å². The van der Waals surface area contributed by atoms with Crippen molar-refractivity contribution in [3.63, 3.8) is 0 Å². The monoisotopic (exact) mass is 147 g/mol. The third-order valence-corrected chi connectivity index (χ3v) is 0.799. The van der Waals surface area contributed by atoms with Crippen molar-refractivity contribution in [1.82, 2.24) is 0 Å². The van der Waals surface area contributed by atoms with Crippen LogP contribution >= 0.6 is 0 Å². The lowest BCUT2D eigenvalue weighted by molar-refractivity contribution is -0.132. The minimum atomic E-state index is -1.56. The van der Waals surface area contributed by atoms with E-state index in [0.717, 1.165) is 0 Å². The molecule has 0 rings (SSSR count). The van der Waals surface area contributed by atoms with E-state index in [0.29, 0.717) is 0 Å².